The number of alkyl carbamates (subject to hydrolysis) is 1. The van der Waals surface area contributed by atoms with E-state index in [1.807, 2.05) is 6.07 Å². The second-order valence-electron chi connectivity index (χ2n) is 4.82. The van der Waals surface area contributed by atoms with Crippen LogP contribution in [0.25, 0.3) is 6.08 Å². The second kappa shape index (κ2) is 9.02. The standard InChI is InChI=1S/C17H13FINO5/c18-14-7-6-13(21)8-12(14)9-15(16(22)25-19)20-17(23)24-10-11-4-2-1-3-5-11/h1-9,21H,10H2,(H,20,23)/b15-9-. The number of benzene rings is 2. The van der Waals surface area contributed by atoms with E-state index in [9.17, 15) is 19.1 Å². The summed E-state index contributed by atoms with van der Waals surface area (Å²) in [5.41, 5.74) is 0.329. The van der Waals surface area contributed by atoms with Gasteiger partial charge < -0.3 is 12.9 Å². The predicted octanol–water partition coefficient (Wildman–Crippen LogP) is 3.69. The van der Waals surface area contributed by atoms with E-state index < -0.39 is 17.9 Å². The average Bonchev–Trinajstić information content (AvgIpc) is 2.62. The number of aromatic hydroxyl groups is 1. The highest BCUT2D eigenvalue weighted by Gasteiger charge is 2.16. The van der Waals surface area contributed by atoms with Gasteiger partial charge in [-0.3, -0.25) is 5.32 Å². The fraction of sp³-hybridized carbons (Fsp3) is 0.0588. The lowest BCUT2D eigenvalue weighted by Gasteiger charge is -2.09. The number of hydrogen-bond donors (Lipinski definition) is 2. The number of phenols is 1. The molecular formula is C17H13FINO5. The highest BCUT2D eigenvalue weighted by atomic mass is 127. The number of carbonyl (C=O) groups is 2. The molecule has 8 heteroatoms. The maximum atomic E-state index is 13.8. The van der Waals surface area contributed by atoms with E-state index in [0.29, 0.717) is 0 Å². The topological polar surface area (TPSA) is 84.9 Å². The van der Waals surface area contributed by atoms with E-state index in [0.717, 1.165) is 29.8 Å². The van der Waals surface area contributed by atoms with Crippen LogP contribution in [0.5, 0.6) is 5.75 Å². The van der Waals surface area contributed by atoms with Crippen LogP contribution < -0.4 is 5.32 Å². The lowest BCUT2D eigenvalue weighted by molar-refractivity contribution is -0.127. The minimum atomic E-state index is -0.905. The molecule has 0 bridgehead atoms. The number of amides is 1. The van der Waals surface area contributed by atoms with Crippen LogP contribution in [0.15, 0.2) is 54.2 Å². The minimum Gasteiger partial charge on any atom is -0.508 e. The van der Waals surface area contributed by atoms with Gasteiger partial charge >= 0.3 is 12.1 Å². The van der Waals surface area contributed by atoms with Crippen LogP contribution in [-0.2, 0) is 19.2 Å². The smallest absolute Gasteiger partial charge is 0.412 e. The summed E-state index contributed by atoms with van der Waals surface area (Å²) in [4.78, 5) is 23.6. The fourth-order valence-corrected chi connectivity index (χ4v) is 2.09. The third-order valence-corrected chi connectivity index (χ3v) is 3.42. The maximum absolute atomic E-state index is 13.8. The molecule has 0 heterocycles. The lowest BCUT2D eigenvalue weighted by Crippen LogP contribution is -2.28. The summed E-state index contributed by atoms with van der Waals surface area (Å²) < 4.78 is 23.3. The Morgan fingerprint density at radius 2 is 1.92 bits per heavy atom. The van der Waals surface area contributed by atoms with Crippen molar-refractivity contribution in [2.24, 2.45) is 0 Å². The first-order valence-electron chi connectivity index (χ1n) is 7.00. The molecule has 0 aliphatic heterocycles. The molecule has 2 N–H and O–H groups in total. The van der Waals surface area contributed by atoms with Crippen molar-refractivity contribution in [3.8, 4) is 5.75 Å². The molecule has 0 fully saturated rings. The molecule has 6 nitrogen and oxygen atoms in total. The SMILES string of the molecule is O=C(N/C(=C\c1cc(O)ccc1F)C(=O)OI)OCc1ccccc1. The molecule has 2 rings (SSSR count). The van der Waals surface area contributed by atoms with Crippen LogP contribution in [0.3, 0.4) is 0 Å². The summed E-state index contributed by atoms with van der Waals surface area (Å²) in [7, 11) is 0. The third-order valence-electron chi connectivity index (χ3n) is 3.02. The molecule has 0 aliphatic rings. The van der Waals surface area contributed by atoms with Crippen LogP contribution in [0, 0.1) is 5.82 Å². The van der Waals surface area contributed by atoms with Crippen molar-refractivity contribution in [2.75, 3.05) is 0 Å². The molecule has 0 saturated carbocycles. The summed E-state index contributed by atoms with van der Waals surface area (Å²) in [6, 6.07) is 12.2. The van der Waals surface area contributed by atoms with Crippen LogP contribution >= 0.6 is 23.0 Å². The average molecular weight is 457 g/mol. The Morgan fingerprint density at radius 3 is 2.60 bits per heavy atom. The van der Waals surface area contributed by atoms with Crippen molar-refractivity contribution in [2.45, 2.75) is 6.61 Å². The van der Waals surface area contributed by atoms with Crippen molar-refractivity contribution in [3.63, 3.8) is 0 Å². The Morgan fingerprint density at radius 1 is 1.20 bits per heavy atom. The molecule has 0 aromatic heterocycles. The van der Waals surface area contributed by atoms with E-state index in [2.05, 4.69) is 8.38 Å². The van der Waals surface area contributed by atoms with Crippen LogP contribution in [0.1, 0.15) is 11.1 Å². The number of phenolic OH excluding ortho intramolecular Hbond substituents is 1. The summed E-state index contributed by atoms with van der Waals surface area (Å²) in [6.07, 6.45) is 0.136. The first-order chi connectivity index (χ1) is 12.0. The molecule has 0 unspecified atom stereocenters. The molecule has 0 aliphatic carbocycles. The molecule has 25 heavy (non-hydrogen) atoms. The van der Waals surface area contributed by atoms with Crippen LogP contribution in [0.2, 0.25) is 0 Å². The molecule has 130 valence electrons. The van der Waals surface area contributed by atoms with Gasteiger partial charge in [-0.15, -0.1) is 0 Å². The molecule has 0 atom stereocenters. The first-order valence-corrected chi connectivity index (χ1v) is 7.88. The van der Waals surface area contributed by atoms with Crippen LogP contribution in [0.4, 0.5) is 9.18 Å². The van der Waals surface area contributed by atoms with Crippen molar-refractivity contribution in [1.29, 1.82) is 0 Å². The molecule has 0 spiro atoms. The Bertz CT molecular complexity index is 795. The number of ether oxygens (including phenoxy) is 1. The van der Waals surface area contributed by atoms with Gasteiger partial charge in [-0.05, 0) is 29.8 Å². The molecule has 2 aromatic carbocycles. The molecular weight excluding hydrogens is 444 g/mol. The minimum absolute atomic E-state index is 0.000276. The Kier molecular flexibility index (Phi) is 6.75. The predicted molar refractivity (Wildman–Crippen MR) is 95.9 cm³/mol. The summed E-state index contributed by atoms with van der Waals surface area (Å²) in [5, 5.41) is 11.6. The highest BCUT2D eigenvalue weighted by molar-refractivity contribution is 14.1. The Hall–Kier alpha value is -2.62. The number of carbonyl (C=O) groups excluding carboxylic acids is 2. The normalized spacial score (nSPS) is 10.9. The second-order valence-corrected chi connectivity index (χ2v) is 5.26. The Labute approximate surface area is 156 Å². The van der Waals surface area contributed by atoms with E-state index in [1.54, 1.807) is 24.3 Å². The zero-order valence-corrected chi connectivity index (χ0v) is 14.9. The van der Waals surface area contributed by atoms with Gasteiger partial charge in [-0.2, -0.15) is 0 Å². The number of halogens is 2. The summed E-state index contributed by atoms with van der Waals surface area (Å²) >= 11 is 1.34. The number of nitrogens with one attached hydrogen (secondary N) is 1. The van der Waals surface area contributed by atoms with Gasteiger partial charge in [0.1, 0.15) is 23.9 Å². The molecule has 2 aromatic rings. The van der Waals surface area contributed by atoms with Crippen molar-refractivity contribution in [3.05, 3.63) is 71.2 Å². The highest BCUT2D eigenvalue weighted by Crippen LogP contribution is 2.18. The van der Waals surface area contributed by atoms with E-state index >= 15 is 0 Å². The number of hydrogen-bond acceptors (Lipinski definition) is 5. The van der Waals surface area contributed by atoms with E-state index in [-0.39, 0.29) is 23.6 Å². The quantitative estimate of drug-likeness (QED) is 0.529. The van der Waals surface area contributed by atoms with Gasteiger partial charge in [0.15, 0.2) is 23.0 Å². The van der Waals surface area contributed by atoms with Crippen molar-refractivity contribution >= 4 is 41.1 Å². The van der Waals surface area contributed by atoms with Gasteiger partial charge in [-0.25, -0.2) is 14.0 Å². The van der Waals surface area contributed by atoms with Gasteiger partial charge in [0.05, 0.1) is 0 Å². The molecule has 1 amide bonds. The lowest BCUT2D eigenvalue weighted by atomic mass is 10.1. The first kappa shape index (κ1) is 18.7. The summed E-state index contributed by atoms with van der Waals surface area (Å²) in [5.74, 6) is -1.78. The number of rotatable bonds is 5. The van der Waals surface area contributed by atoms with Crippen molar-refractivity contribution < 1.29 is 26.9 Å². The zero-order chi connectivity index (χ0) is 18.2. The summed E-state index contributed by atoms with van der Waals surface area (Å²) in [6.45, 7) is -0.000276. The van der Waals surface area contributed by atoms with Gasteiger partial charge in [0.25, 0.3) is 0 Å². The van der Waals surface area contributed by atoms with Gasteiger partial charge in [-0.1, -0.05) is 30.3 Å². The van der Waals surface area contributed by atoms with Gasteiger partial charge in [0, 0.05) is 5.56 Å². The third kappa shape index (κ3) is 5.75. The van der Waals surface area contributed by atoms with E-state index in [4.69, 9.17) is 4.74 Å². The molecule has 0 saturated heterocycles. The maximum Gasteiger partial charge on any atom is 0.412 e. The van der Waals surface area contributed by atoms with Gasteiger partial charge in [0.2, 0.25) is 0 Å². The molecule has 0 radical (unpaired) electrons. The van der Waals surface area contributed by atoms with E-state index in [1.165, 1.54) is 23.0 Å². The fourth-order valence-electron chi connectivity index (χ4n) is 1.85. The van der Waals surface area contributed by atoms with Crippen LogP contribution in [-0.4, -0.2) is 17.2 Å². The largest absolute Gasteiger partial charge is 0.508 e. The van der Waals surface area contributed by atoms with Crippen molar-refractivity contribution in [1.82, 2.24) is 5.32 Å². The zero-order valence-electron chi connectivity index (χ0n) is 12.7. The monoisotopic (exact) mass is 457 g/mol. The Balaban J connectivity index is 2.12.